The maximum Gasteiger partial charge on any atom is 0.231 e. The number of nitrogens with zero attached hydrogens (tertiary/aromatic N) is 1. The Morgan fingerprint density at radius 3 is 2.85 bits per heavy atom. The average molecular weight is 364 g/mol. The van der Waals surface area contributed by atoms with Crippen molar-refractivity contribution in [1.29, 1.82) is 0 Å². The van der Waals surface area contributed by atoms with E-state index in [1.54, 1.807) is 13.1 Å². The highest BCUT2D eigenvalue weighted by molar-refractivity contribution is 5.82. The quantitative estimate of drug-likeness (QED) is 0.776. The lowest BCUT2D eigenvalue weighted by Crippen LogP contribution is -2.03. The number of carbonyl (C=O) groups excluding carboxylic acids is 1. The second-order valence-electron chi connectivity index (χ2n) is 6.55. The van der Waals surface area contributed by atoms with Crippen LogP contribution in [0.3, 0.4) is 0 Å². The number of aromatic nitrogens is 1. The number of ether oxygens (including phenoxy) is 2. The molecule has 27 heavy (non-hydrogen) atoms. The van der Waals surface area contributed by atoms with Crippen molar-refractivity contribution in [2.24, 2.45) is 0 Å². The van der Waals surface area contributed by atoms with Gasteiger partial charge in [-0.15, -0.1) is 0 Å². The van der Waals surface area contributed by atoms with Gasteiger partial charge in [-0.2, -0.15) is 0 Å². The molecule has 0 spiro atoms. The van der Waals surface area contributed by atoms with Crippen molar-refractivity contribution < 1.29 is 14.3 Å². The minimum atomic E-state index is 0.235. The van der Waals surface area contributed by atoms with Gasteiger partial charge in [-0.05, 0) is 61.6 Å². The number of fused-ring (bicyclic) bond motifs is 1. The molecule has 0 amide bonds. The Morgan fingerprint density at radius 2 is 2.19 bits per heavy atom. The molecule has 140 valence electrons. The van der Waals surface area contributed by atoms with Crippen LogP contribution in [0.15, 0.2) is 59.1 Å². The lowest BCUT2D eigenvalue weighted by Gasteiger charge is -2.11. The molecule has 0 aromatic carbocycles. The highest BCUT2D eigenvalue weighted by Crippen LogP contribution is 2.29. The van der Waals surface area contributed by atoms with Crippen LogP contribution in [0.4, 0.5) is 5.82 Å². The molecule has 2 heterocycles. The fourth-order valence-electron chi connectivity index (χ4n) is 3.25. The van der Waals surface area contributed by atoms with Crippen LogP contribution >= 0.6 is 0 Å². The van der Waals surface area contributed by atoms with E-state index in [0.717, 1.165) is 29.5 Å². The highest BCUT2D eigenvalue weighted by atomic mass is 16.7. The number of nitrogens with one attached hydrogen (secondary N) is 1. The van der Waals surface area contributed by atoms with E-state index in [-0.39, 0.29) is 6.79 Å². The number of allylic oxidation sites excluding steroid dienone is 6. The predicted molar refractivity (Wildman–Crippen MR) is 107 cm³/mol. The molecule has 2 aliphatic rings. The van der Waals surface area contributed by atoms with E-state index in [9.17, 15) is 4.79 Å². The molecule has 5 heteroatoms. The first-order chi connectivity index (χ1) is 13.0. The summed E-state index contributed by atoms with van der Waals surface area (Å²) in [6.07, 6.45) is 10.5. The van der Waals surface area contributed by atoms with Gasteiger partial charge in [0, 0.05) is 12.6 Å². The van der Waals surface area contributed by atoms with Crippen LogP contribution in [-0.4, -0.2) is 25.1 Å². The molecule has 0 unspecified atom stereocenters. The van der Waals surface area contributed by atoms with Crippen molar-refractivity contribution in [2.45, 2.75) is 26.7 Å². The molecule has 0 atom stereocenters. The second kappa shape index (κ2) is 8.08. The van der Waals surface area contributed by atoms with Crippen molar-refractivity contribution in [2.75, 3.05) is 19.2 Å². The van der Waals surface area contributed by atoms with Gasteiger partial charge >= 0.3 is 0 Å². The van der Waals surface area contributed by atoms with E-state index in [2.05, 4.69) is 42.9 Å². The van der Waals surface area contributed by atoms with Gasteiger partial charge < -0.3 is 14.8 Å². The zero-order valence-corrected chi connectivity index (χ0v) is 16.0. The monoisotopic (exact) mass is 364 g/mol. The zero-order valence-electron chi connectivity index (χ0n) is 16.0. The third-order valence-corrected chi connectivity index (χ3v) is 4.76. The molecule has 1 saturated heterocycles. The van der Waals surface area contributed by atoms with E-state index in [1.807, 2.05) is 12.2 Å². The van der Waals surface area contributed by atoms with Crippen LogP contribution < -0.4 is 5.32 Å². The Balaban J connectivity index is 1.87. The van der Waals surface area contributed by atoms with Gasteiger partial charge in [-0.1, -0.05) is 24.3 Å². The topological polar surface area (TPSA) is 60.5 Å². The van der Waals surface area contributed by atoms with Gasteiger partial charge in [0.25, 0.3) is 0 Å². The fraction of sp³-hybridized carbons (Fsp3) is 0.273. The van der Waals surface area contributed by atoms with Crippen molar-refractivity contribution in [3.8, 4) is 0 Å². The lowest BCUT2D eigenvalue weighted by atomic mass is 9.96. The van der Waals surface area contributed by atoms with Crippen molar-refractivity contribution in [3.05, 3.63) is 75.9 Å². The van der Waals surface area contributed by atoms with Crippen LogP contribution in [0.5, 0.6) is 0 Å². The van der Waals surface area contributed by atoms with E-state index in [4.69, 9.17) is 9.47 Å². The third-order valence-electron chi connectivity index (χ3n) is 4.76. The normalized spacial score (nSPS) is 18.1. The smallest absolute Gasteiger partial charge is 0.231 e. The minimum Gasteiger partial charge on any atom is -0.454 e. The first-order valence-corrected chi connectivity index (χ1v) is 8.90. The molecule has 0 saturated carbocycles. The molecule has 0 bridgehead atoms. The van der Waals surface area contributed by atoms with E-state index in [1.165, 1.54) is 11.1 Å². The summed E-state index contributed by atoms with van der Waals surface area (Å²) < 4.78 is 10.5. The first kappa shape index (κ1) is 18.7. The molecular formula is C22H24N2O3. The van der Waals surface area contributed by atoms with Crippen molar-refractivity contribution in [3.63, 3.8) is 0 Å². The number of pyridine rings is 1. The van der Waals surface area contributed by atoms with Gasteiger partial charge in [0.1, 0.15) is 5.82 Å². The van der Waals surface area contributed by atoms with E-state index < -0.39 is 0 Å². The number of carbonyl (C=O) groups is 1. The number of hydrogen-bond donors (Lipinski definition) is 1. The largest absolute Gasteiger partial charge is 0.454 e. The molecule has 1 N–H and O–H groups in total. The maximum atomic E-state index is 11.5. The Kier molecular flexibility index (Phi) is 5.60. The molecule has 5 nitrogen and oxygen atoms in total. The van der Waals surface area contributed by atoms with Crippen molar-refractivity contribution in [1.82, 2.24) is 4.98 Å². The zero-order chi connectivity index (χ0) is 19.4. The summed E-state index contributed by atoms with van der Waals surface area (Å²) >= 11 is 0. The van der Waals surface area contributed by atoms with Gasteiger partial charge in [0.2, 0.25) is 6.79 Å². The maximum absolute atomic E-state index is 11.5. The standard InChI is InChI=1S/C22H24N2O3/c1-14(6-5-7-21-16(3)26-13-27-21)18-8-9-20-19(10-15(18)2)17(12-25)11-22(23-4)24-20/h6-9,11-12H,3,5,10,13H2,1-2,4H3,(H,23,24)/b14-6+,21-7+. The fourth-order valence-corrected chi connectivity index (χ4v) is 3.25. The van der Waals surface area contributed by atoms with Crippen LogP contribution in [0.1, 0.15) is 41.9 Å². The SMILES string of the molecule is C=C1OCO/C1=C/C/C=C(\C)C1=C(C)Cc2c(C=O)cc(NC)nc2C=C1. The Hall–Kier alpha value is -3.08. The molecule has 1 aromatic rings. The molecule has 1 aliphatic carbocycles. The van der Waals surface area contributed by atoms with Gasteiger partial charge in [-0.3, -0.25) is 4.79 Å². The number of hydrogen-bond acceptors (Lipinski definition) is 5. The van der Waals surface area contributed by atoms with Crippen molar-refractivity contribution >= 4 is 18.2 Å². The third kappa shape index (κ3) is 4.03. The van der Waals surface area contributed by atoms with E-state index >= 15 is 0 Å². The van der Waals surface area contributed by atoms with Crippen LogP contribution in [-0.2, 0) is 15.9 Å². The molecule has 1 aliphatic heterocycles. The first-order valence-electron chi connectivity index (χ1n) is 8.90. The summed E-state index contributed by atoms with van der Waals surface area (Å²) in [5, 5.41) is 3.01. The molecule has 3 rings (SSSR count). The van der Waals surface area contributed by atoms with Crippen LogP contribution in [0.2, 0.25) is 0 Å². The summed E-state index contributed by atoms with van der Waals surface area (Å²) in [7, 11) is 1.80. The Morgan fingerprint density at radius 1 is 1.37 bits per heavy atom. The Labute approximate surface area is 159 Å². The summed E-state index contributed by atoms with van der Waals surface area (Å²) in [4.78, 5) is 16.1. The predicted octanol–water partition coefficient (Wildman–Crippen LogP) is 4.56. The summed E-state index contributed by atoms with van der Waals surface area (Å²) in [6.45, 7) is 8.23. The average Bonchev–Trinajstić information content (AvgIpc) is 2.98. The van der Waals surface area contributed by atoms with Gasteiger partial charge in [0.05, 0.1) is 5.69 Å². The van der Waals surface area contributed by atoms with Crippen LogP contribution in [0.25, 0.3) is 6.08 Å². The molecule has 1 aromatic heterocycles. The molecular weight excluding hydrogens is 340 g/mol. The summed E-state index contributed by atoms with van der Waals surface area (Å²) in [6, 6.07) is 1.80. The molecule has 1 fully saturated rings. The van der Waals surface area contributed by atoms with Gasteiger partial charge in [-0.25, -0.2) is 4.98 Å². The molecule has 0 radical (unpaired) electrons. The second-order valence-corrected chi connectivity index (χ2v) is 6.55. The van der Waals surface area contributed by atoms with Gasteiger partial charge in [0.15, 0.2) is 17.8 Å². The summed E-state index contributed by atoms with van der Waals surface area (Å²) in [5.74, 6) is 1.97. The van der Waals surface area contributed by atoms with E-state index in [0.29, 0.717) is 29.3 Å². The number of aldehydes is 1. The summed E-state index contributed by atoms with van der Waals surface area (Å²) in [5.41, 5.74) is 6.02. The van der Waals surface area contributed by atoms with Crippen LogP contribution in [0, 0.1) is 0 Å². The number of anilines is 1. The number of rotatable bonds is 5. The minimum absolute atomic E-state index is 0.235. The highest BCUT2D eigenvalue weighted by Gasteiger charge is 2.16. The Bertz CT molecular complexity index is 904. The lowest BCUT2D eigenvalue weighted by molar-refractivity contribution is 0.0978.